The Bertz CT molecular complexity index is 278. The summed E-state index contributed by atoms with van der Waals surface area (Å²) in [5.74, 6) is 0. The van der Waals surface area contributed by atoms with Crippen molar-refractivity contribution in [3.05, 3.63) is 30.3 Å². The summed E-state index contributed by atoms with van der Waals surface area (Å²) in [7, 11) is 0. The second kappa shape index (κ2) is 5.17. The van der Waals surface area contributed by atoms with E-state index >= 15 is 0 Å². The molecule has 1 fully saturated rings. The second-order valence-electron chi connectivity index (χ2n) is 4.28. The Kier molecular flexibility index (Phi) is 3.62. The first-order chi connectivity index (χ1) is 7.42. The molecular weight excluding hydrogens is 184 g/mol. The molecule has 0 saturated heterocycles. The van der Waals surface area contributed by atoms with Crippen molar-refractivity contribution in [1.29, 1.82) is 0 Å². The molecule has 2 rings (SSSR count). The molecule has 1 aromatic rings. The van der Waals surface area contributed by atoms with Crippen LogP contribution < -0.4 is 10.6 Å². The van der Waals surface area contributed by atoms with E-state index in [-0.39, 0.29) is 0 Å². The molecule has 2 nitrogen and oxygen atoms in total. The second-order valence-corrected chi connectivity index (χ2v) is 4.28. The van der Waals surface area contributed by atoms with Gasteiger partial charge in [0.1, 0.15) is 0 Å². The SMILES string of the molecule is NCN(c1ccccc1)C1CCCCC1. The quantitative estimate of drug-likeness (QED) is 0.767. The van der Waals surface area contributed by atoms with Crippen molar-refractivity contribution >= 4 is 5.69 Å². The van der Waals surface area contributed by atoms with Crippen molar-refractivity contribution in [2.75, 3.05) is 11.6 Å². The summed E-state index contributed by atoms with van der Waals surface area (Å²) >= 11 is 0. The number of nitrogens with two attached hydrogens (primary N) is 1. The van der Waals surface area contributed by atoms with E-state index in [2.05, 4.69) is 35.2 Å². The lowest BCUT2D eigenvalue weighted by molar-refractivity contribution is 0.416. The van der Waals surface area contributed by atoms with Gasteiger partial charge in [0, 0.05) is 11.7 Å². The van der Waals surface area contributed by atoms with Crippen molar-refractivity contribution in [2.24, 2.45) is 5.73 Å². The third-order valence-corrected chi connectivity index (χ3v) is 3.30. The zero-order chi connectivity index (χ0) is 10.5. The van der Waals surface area contributed by atoms with E-state index in [1.807, 2.05) is 0 Å². The number of benzene rings is 1. The molecule has 1 aliphatic rings. The van der Waals surface area contributed by atoms with Crippen LogP contribution >= 0.6 is 0 Å². The van der Waals surface area contributed by atoms with Gasteiger partial charge in [-0.3, -0.25) is 0 Å². The Balaban J connectivity index is 2.09. The molecule has 0 bridgehead atoms. The zero-order valence-electron chi connectivity index (χ0n) is 9.23. The highest BCUT2D eigenvalue weighted by Crippen LogP contribution is 2.26. The highest BCUT2D eigenvalue weighted by atomic mass is 15.2. The first kappa shape index (κ1) is 10.5. The molecule has 0 unspecified atom stereocenters. The minimum atomic E-state index is 0.634. The van der Waals surface area contributed by atoms with Crippen molar-refractivity contribution in [3.8, 4) is 0 Å². The van der Waals surface area contributed by atoms with Crippen LogP contribution in [0.4, 0.5) is 5.69 Å². The molecule has 0 aliphatic heterocycles. The van der Waals surface area contributed by atoms with Crippen LogP contribution in [0.2, 0.25) is 0 Å². The average molecular weight is 204 g/mol. The van der Waals surface area contributed by atoms with Gasteiger partial charge in [0.25, 0.3) is 0 Å². The van der Waals surface area contributed by atoms with Crippen LogP contribution in [-0.4, -0.2) is 12.7 Å². The van der Waals surface area contributed by atoms with Gasteiger partial charge in [0.2, 0.25) is 0 Å². The van der Waals surface area contributed by atoms with E-state index in [4.69, 9.17) is 5.73 Å². The van der Waals surface area contributed by atoms with Crippen LogP contribution in [0.3, 0.4) is 0 Å². The molecule has 82 valence electrons. The third-order valence-electron chi connectivity index (χ3n) is 3.30. The van der Waals surface area contributed by atoms with Gasteiger partial charge in [-0.2, -0.15) is 0 Å². The summed E-state index contributed by atoms with van der Waals surface area (Å²) in [6.45, 7) is 0.634. The summed E-state index contributed by atoms with van der Waals surface area (Å²) in [5, 5.41) is 0. The van der Waals surface area contributed by atoms with Crippen molar-refractivity contribution in [1.82, 2.24) is 0 Å². The van der Waals surface area contributed by atoms with Gasteiger partial charge in [0.05, 0.1) is 6.67 Å². The van der Waals surface area contributed by atoms with Crippen LogP contribution in [0.25, 0.3) is 0 Å². The van der Waals surface area contributed by atoms with Crippen LogP contribution in [0.15, 0.2) is 30.3 Å². The molecule has 2 heteroatoms. The predicted octanol–water partition coefficient (Wildman–Crippen LogP) is 2.74. The van der Waals surface area contributed by atoms with E-state index in [1.54, 1.807) is 0 Å². The van der Waals surface area contributed by atoms with Gasteiger partial charge < -0.3 is 10.6 Å². The molecular formula is C13H20N2. The number of rotatable bonds is 3. The maximum absolute atomic E-state index is 5.86. The number of nitrogens with zero attached hydrogens (tertiary/aromatic N) is 1. The zero-order valence-corrected chi connectivity index (χ0v) is 9.23. The highest BCUT2D eigenvalue weighted by molar-refractivity contribution is 5.46. The van der Waals surface area contributed by atoms with E-state index in [0.717, 1.165) is 0 Å². The van der Waals surface area contributed by atoms with Crippen LogP contribution in [0, 0.1) is 0 Å². The average Bonchev–Trinajstić information content (AvgIpc) is 2.33. The monoisotopic (exact) mass is 204 g/mol. The van der Waals surface area contributed by atoms with E-state index < -0.39 is 0 Å². The lowest BCUT2D eigenvalue weighted by Gasteiger charge is -2.35. The Hall–Kier alpha value is -1.02. The van der Waals surface area contributed by atoms with E-state index in [0.29, 0.717) is 12.7 Å². The van der Waals surface area contributed by atoms with Crippen molar-refractivity contribution in [2.45, 2.75) is 38.1 Å². The number of anilines is 1. The molecule has 15 heavy (non-hydrogen) atoms. The summed E-state index contributed by atoms with van der Waals surface area (Å²) in [6.07, 6.45) is 6.70. The summed E-state index contributed by atoms with van der Waals surface area (Å²) < 4.78 is 0. The molecule has 0 spiro atoms. The van der Waals surface area contributed by atoms with Gasteiger partial charge in [-0.05, 0) is 25.0 Å². The smallest absolute Gasteiger partial charge is 0.0660 e. The fourth-order valence-corrected chi connectivity index (χ4v) is 2.48. The fraction of sp³-hybridized carbons (Fsp3) is 0.538. The van der Waals surface area contributed by atoms with E-state index in [9.17, 15) is 0 Å². The minimum Gasteiger partial charge on any atom is -0.356 e. The fourth-order valence-electron chi connectivity index (χ4n) is 2.48. The van der Waals surface area contributed by atoms with Gasteiger partial charge in [0.15, 0.2) is 0 Å². The molecule has 0 heterocycles. The largest absolute Gasteiger partial charge is 0.356 e. The molecule has 0 aromatic heterocycles. The van der Waals surface area contributed by atoms with Crippen molar-refractivity contribution in [3.63, 3.8) is 0 Å². The predicted molar refractivity (Wildman–Crippen MR) is 64.8 cm³/mol. The molecule has 1 aliphatic carbocycles. The molecule has 0 amide bonds. The standard InChI is InChI=1S/C13H20N2/c14-11-15(12-7-3-1-4-8-12)13-9-5-2-6-10-13/h1,3-4,7-8,13H,2,5-6,9-11,14H2. The van der Waals surface area contributed by atoms with Gasteiger partial charge in [-0.1, -0.05) is 37.5 Å². The molecule has 1 saturated carbocycles. The maximum Gasteiger partial charge on any atom is 0.0660 e. The Labute approximate surface area is 92.1 Å². The Morgan fingerprint density at radius 3 is 2.33 bits per heavy atom. The molecule has 1 aromatic carbocycles. The van der Waals surface area contributed by atoms with Crippen molar-refractivity contribution < 1.29 is 0 Å². The Morgan fingerprint density at radius 2 is 1.73 bits per heavy atom. The van der Waals surface area contributed by atoms with Gasteiger partial charge in [-0.15, -0.1) is 0 Å². The number of hydrogen-bond donors (Lipinski definition) is 1. The van der Waals surface area contributed by atoms with E-state index in [1.165, 1.54) is 37.8 Å². The normalized spacial score (nSPS) is 17.7. The third kappa shape index (κ3) is 2.51. The van der Waals surface area contributed by atoms with Gasteiger partial charge >= 0.3 is 0 Å². The maximum atomic E-state index is 5.86. The highest BCUT2D eigenvalue weighted by Gasteiger charge is 2.19. The Morgan fingerprint density at radius 1 is 1.07 bits per heavy atom. The van der Waals surface area contributed by atoms with Crippen LogP contribution in [0.5, 0.6) is 0 Å². The molecule has 0 atom stereocenters. The summed E-state index contributed by atoms with van der Waals surface area (Å²) in [5.41, 5.74) is 7.13. The number of para-hydroxylation sites is 1. The van der Waals surface area contributed by atoms with Gasteiger partial charge in [-0.25, -0.2) is 0 Å². The summed E-state index contributed by atoms with van der Waals surface area (Å²) in [6, 6.07) is 11.2. The summed E-state index contributed by atoms with van der Waals surface area (Å²) in [4.78, 5) is 2.35. The lowest BCUT2D eigenvalue weighted by atomic mass is 9.94. The topological polar surface area (TPSA) is 29.3 Å². The number of hydrogen-bond acceptors (Lipinski definition) is 2. The van der Waals surface area contributed by atoms with Crippen LogP contribution in [-0.2, 0) is 0 Å². The molecule has 0 radical (unpaired) electrons. The minimum absolute atomic E-state index is 0.634. The van der Waals surface area contributed by atoms with Crippen LogP contribution in [0.1, 0.15) is 32.1 Å². The lowest BCUT2D eigenvalue weighted by Crippen LogP contribution is -2.40. The molecule has 2 N–H and O–H groups in total. The first-order valence-electron chi connectivity index (χ1n) is 5.93. The first-order valence-corrected chi connectivity index (χ1v) is 5.93.